The topological polar surface area (TPSA) is 70.6 Å². The molecule has 2 fully saturated rings. The highest BCUT2D eigenvalue weighted by Gasteiger charge is 2.41. The Labute approximate surface area is 84.5 Å². The lowest BCUT2D eigenvalue weighted by atomic mass is 10.1. The highest BCUT2D eigenvalue weighted by atomic mass is 16.4. The SMILES string of the molecule is CC(NC(C1CC1)C1CC1)C(N)=NO. The number of nitrogens with one attached hydrogen (secondary N) is 1. The largest absolute Gasteiger partial charge is 0.409 e. The molecule has 0 radical (unpaired) electrons. The van der Waals surface area contributed by atoms with E-state index in [-0.39, 0.29) is 11.9 Å². The molecule has 2 aliphatic carbocycles. The third-order valence-electron chi connectivity index (χ3n) is 3.26. The van der Waals surface area contributed by atoms with E-state index in [1.165, 1.54) is 25.7 Å². The Kier molecular flexibility index (Phi) is 2.63. The minimum absolute atomic E-state index is 0.00815. The van der Waals surface area contributed by atoms with Crippen LogP contribution in [0.5, 0.6) is 0 Å². The predicted octanol–water partition coefficient (Wildman–Crippen LogP) is 0.900. The van der Waals surface area contributed by atoms with Crippen molar-refractivity contribution in [1.29, 1.82) is 0 Å². The van der Waals surface area contributed by atoms with Crippen molar-refractivity contribution in [3.05, 3.63) is 0 Å². The van der Waals surface area contributed by atoms with Crippen molar-refractivity contribution in [3.63, 3.8) is 0 Å². The summed E-state index contributed by atoms with van der Waals surface area (Å²) < 4.78 is 0. The quantitative estimate of drug-likeness (QED) is 0.265. The van der Waals surface area contributed by atoms with E-state index in [4.69, 9.17) is 10.9 Å². The van der Waals surface area contributed by atoms with Crippen molar-refractivity contribution < 1.29 is 5.21 Å². The molecule has 1 atom stereocenters. The summed E-state index contributed by atoms with van der Waals surface area (Å²) in [6, 6.07) is 0.594. The number of nitrogens with two attached hydrogens (primary N) is 1. The first-order valence-electron chi connectivity index (χ1n) is 5.46. The van der Waals surface area contributed by atoms with Gasteiger partial charge in [0.05, 0.1) is 6.04 Å². The molecule has 1 unspecified atom stereocenters. The molecule has 0 amide bonds. The maximum atomic E-state index is 8.55. The summed E-state index contributed by atoms with van der Waals surface area (Å²) in [6.45, 7) is 1.95. The molecule has 0 bridgehead atoms. The molecule has 4 heteroatoms. The lowest BCUT2D eigenvalue weighted by Gasteiger charge is -2.22. The second kappa shape index (κ2) is 3.77. The maximum absolute atomic E-state index is 8.55. The zero-order valence-electron chi connectivity index (χ0n) is 8.61. The van der Waals surface area contributed by atoms with E-state index in [2.05, 4.69) is 10.5 Å². The number of nitrogens with zero attached hydrogens (tertiary/aromatic N) is 1. The summed E-state index contributed by atoms with van der Waals surface area (Å²) in [5, 5.41) is 15.1. The minimum atomic E-state index is -0.00815. The van der Waals surface area contributed by atoms with Gasteiger partial charge in [-0.15, -0.1) is 0 Å². The van der Waals surface area contributed by atoms with Gasteiger partial charge < -0.3 is 16.3 Å². The lowest BCUT2D eigenvalue weighted by molar-refractivity contribution is 0.312. The van der Waals surface area contributed by atoms with Gasteiger partial charge in [0.15, 0.2) is 5.84 Å². The zero-order chi connectivity index (χ0) is 10.1. The third kappa shape index (κ3) is 2.18. The van der Waals surface area contributed by atoms with Gasteiger partial charge in [0, 0.05) is 6.04 Å². The Balaban J connectivity index is 1.86. The molecule has 0 aliphatic heterocycles. The van der Waals surface area contributed by atoms with Crippen molar-refractivity contribution in [3.8, 4) is 0 Å². The normalized spacial score (nSPS) is 25.4. The van der Waals surface area contributed by atoms with Crippen LogP contribution >= 0.6 is 0 Å². The molecule has 4 nitrogen and oxygen atoms in total. The standard InChI is InChI=1S/C10H19N3O/c1-6(10(11)13-14)12-9(7-2-3-7)8-4-5-8/h6-9,12,14H,2-5H2,1H3,(H2,11,13). The highest BCUT2D eigenvalue weighted by molar-refractivity contribution is 5.84. The van der Waals surface area contributed by atoms with Gasteiger partial charge in [0.1, 0.15) is 0 Å². The van der Waals surface area contributed by atoms with Crippen LogP contribution in [0.2, 0.25) is 0 Å². The second-order valence-electron chi connectivity index (χ2n) is 4.61. The fourth-order valence-corrected chi connectivity index (χ4v) is 2.03. The molecule has 2 saturated carbocycles. The Hall–Kier alpha value is -0.770. The first-order valence-corrected chi connectivity index (χ1v) is 5.46. The number of amidine groups is 1. The Morgan fingerprint density at radius 1 is 1.36 bits per heavy atom. The maximum Gasteiger partial charge on any atom is 0.156 e. The highest BCUT2D eigenvalue weighted by Crippen LogP contribution is 2.44. The molecule has 0 aromatic heterocycles. The van der Waals surface area contributed by atoms with Crippen LogP contribution in [0.1, 0.15) is 32.6 Å². The molecule has 14 heavy (non-hydrogen) atoms. The molecular weight excluding hydrogens is 178 g/mol. The predicted molar refractivity (Wildman–Crippen MR) is 55.2 cm³/mol. The summed E-state index contributed by atoms with van der Waals surface area (Å²) in [7, 11) is 0. The molecule has 2 aliphatic rings. The third-order valence-corrected chi connectivity index (χ3v) is 3.26. The fourth-order valence-electron chi connectivity index (χ4n) is 2.03. The Bertz CT molecular complexity index is 222. The molecule has 0 saturated heterocycles. The van der Waals surface area contributed by atoms with Crippen LogP contribution < -0.4 is 11.1 Å². The first-order chi connectivity index (χ1) is 6.72. The molecule has 2 rings (SSSR count). The van der Waals surface area contributed by atoms with Crippen LogP contribution in [0.15, 0.2) is 5.16 Å². The number of oxime groups is 1. The number of hydrogen-bond acceptors (Lipinski definition) is 3. The van der Waals surface area contributed by atoms with Crippen molar-refractivity contribution in [2.45, 2.75) is 44.7 Å². The molecular formula is C10H19N3O. The van der Waals surface area contributed by atoms with Crippen LogP contribution in [0, 0.1) is 11.8 Å². The number of rotatable bonds is 5. The average Bonchev–Trinajstić information content (AvgIpc) is 3.04. The molecule has 0 aromatic rings. The van der Waals surface area contributed by atoms with Gasteiger partial charge in [0.25, 0.3) is 0 Å². The average molecular weight is 197 g/mol. The molecule has 0 aromatic carbocycles. The lowest BCUT2D eigenvalue weighted by Crippen LogP contribution is -2.46. The van der Waals surface area contributed by atoms with E-state index in [0.717, 1.165) is 11.8 Å². The van der Waals surface area contributed by atoms with Gasteiger partial charge in [-0.1, -0.05) is 5.16 Å². The van der Waals surface area contributed by atoms with Crippen LogP contribution in [0.3, 0.4) is 0 Å². The van der Waals surface area contributed by atoms with Crippen molar-refractivity contribution in [1.82, 2.24) is 5.32 Å². The van der Waals surface area contributed by atoms with E-state index >= 15 is 0 Å². The van der Waals surface area contributed by atoms with Gasteiger partial charge in [-0.2, -0.15) is 0 Å². The smallest absolute Gasteiger partial charge is 0.156 e. The molecule has 4 N–H and O–H groups in total. The molecule has 80 valence electrons. The van der Waals surface area contributed by atoms with Crippen molar-refractivity contribution in [2.75, 3.05) is 0 Å². The minimum Gasteiger partial charge on any atom is -0.409 e. The summed E-state index contributed by atoms with van der Waals surface area (Å²) in [4.78, 5) is 0. The molecule has 0 heterocycles. The van der Waals surface area contributed by atoms with Crippen LogP contribution in [0.25, 0.3) is 0 Å². The van der Waals surface area contributed by atoms with Gasteiger partial charge >= 0.3 is 0 Å². The molecule has 0 spiro atoms. The fraction of sp³-hybridized carbons (Fsp3) is 0.900. The van der Waals surface area contributed by atoms with E-state index in [0.29, 0.717) is 6.04 Å². The van der Waals surface area contributed by atoms with Crippen molar-refractivity contribution in [2.24, 2.45) is 22.7 Å². The van der Waals surface area contributed by atoms with Crippen molar-refractivity contribution >= 4 is 5.84 Å². The van der Waals surface area contributed by atoms with Gasteiger partial charge in [-0.3, -0.25) is 0 Å². The van der Waals surface area contributed by atoms with E-state index < -0.39 is 0 Å². The zero-order valence-corrected chi connectivity index (χ0v) is 8.61. The van der Waals surface area contributed by atoms with E-state index in [9.17, 15) is 0 Å². The monoisotopic (exact) mass is 197 g/mol. The summed E-state index contributed by atoms with van der Waals surface area (Å²) in [6.07, 6.45) is 5.38. The Morgan fingerprint density at radius 3 is 2.21 bits per heavy atom. The second-order valence-corrected chi connectivity index (χ2v) is 4.61. The van der Waals surface area contributed by atoms with Gasteiger partial charge in [-0.25, -0.2) is 0 Å². The first kappa shape index (κ1) is 9.77. The van der Waals surface area contributed by atoms with E-state index in [1.54, 1.807) is 0 Å². The summed E-state index contributed by atoms with van der Waals surface area (Å²) in [5.41, 5.74) is 5.54. The summed E-state index contributed by atoms with van der Waals surface area (Å²) in [5.74, 6) is 1.98. The van der Waals surface area contributed by atoms with Crippen LogP contribution in [0.4, 0.5) is 0 Å². The van der Waals surface area contributed by atoms with Gasteiger partial charge in [-0.05, 0) is 44.4 Å². The van der Waals surface area contributed by atoms with Crippen LogP contribution in [-0.4, -0.2) is 23.1 Å². The Morgan fingerprint density at radius 2 is 1.86 bits per heavy atom. The van der Waals surface area contributed by atoms with Gasteiger partial charge in [0.2, 0.25) is 0 Å². The summed E-state index contributed by atoms with van der Waals surface area (Å²) >= 11 is 0. The van der Waals surface area contributed by atoms with Crippen LogP contribution in [-0.2, 0) is 0 Å². The number of hydrogen-bond donors (Lipinski definition) is 3. The van der Waals surface area contributed by atoms with E-state index in [1.807, 2.05) is 6.92 Å².